The number of carboxylic acid groups (broad SMARTS) is 1. The van der Waals surface area contributed by atoms with Crippen LogP contribution in [0.25, 0.3) is 16.8 Å². The van der Waals surface area contributed by atoms with Gasteiger partial charge in [-0.3, -0.25) is 9.20 Å². The van der Waals surface area contributed by atoms with E-state index >= 15 is 0 Å². The molecule has 0 saturated carbocycles. The standard InChI is InChI=1S/C31H23F4N3O3/c1-18(20-7-9-21(10-8-20)30(40)41)37-29(39)27-15-23(22-3-2-4-25(32)14-22)16-28-36-17-26(38(27)28)13-19-5-11-24(12-6-19)31(33,34)35/h2-12,14-18H,13H2,1H3,(H,37,39)(H,40,41)/t18-/m0/s1. The quantitative estimate of drug-likeness (QED) is 0.211. The monoisotopic (exact) mass is 561 g/mol. The molecule has 0 unspecified atom stereocenters. The molecule has 2 heterocycles. The highest BCUT2D eigenvalue weighted by Crippen LogP contribution is 2.30. The lowest BCUT2D eigenvalue weighted by atomic mass is 10.0. The molecule has 0 aliphatic rings. The van der Waals surface area contributed by atoms with Gasteiger partial charge >= 0.3 is 12.1 Å². The second-order valence-corrected chi connectivity index (χ2v) is 9.58. The minimum Gasteiger partial charge on any atom is -0.478 e. The second kappa shape index (κ2) is 10.9. The van der Waals surface area contributed by atoms with Crippen molar-refractivity contribution in [2.45, 2.75) is 25.6 Å². The number of aromatic nitrogens is 2. The zero-order valence-corrected chi connectivity index (χ0v) is 21.6. The van der Waals surface area contributed by atoms with Crippen LogP contribution in [-0.2, 0) is 12.6 Å². The first-order valence-electron chi connectivity index (χ1n) is 12.6. The lowest BCUT2D eigenvalue weighted by molar-refractivity contribution is -0.137. The summed E-state index contributed by atoms with van der Waals surface area (Å²) < 4.78 is 54.7. The number of pyridine rings is 1. The topological polar surface area (TPSA) is 83.7 Å². The molecule has 0 fully saturated rings. The molecular formula is C31H23F4N3O3. The Bertz CT molecular complexity index is 1740. The number of carboxylic acids is 1. The Labute approximate surface area is 231 Å². The molecule has 3 aromatic carbocycles. The summed E-state index contributed by atoms with van der Waals surface area (Å²) in [4.78, 5) is 29.3. The first kappa shape index (κ1) is 27.6. The minimum absolute atomic E-state index is 0.114. The minimum atomic E-state index is -4.45. The third-order valence-electron chi connectivity index (χ3n) is 6.74. The number of hydrogen-bond acceptors (Lipinski definition) is 3. The molecule has 0 radical (unpaired) electrons. The van der Waals surface area contributed by atoms with E-state index in [-0.39, 0.29) is 17.7 Å². The van der Waals surface area contributed by atoms with E-state index < -0.39 is 35.5 Å². The van der Waals surface area contributed by atoms with Gasteiger partial charge in [-0.15, -0.1) is 0 Å². The van der Waals surface area contributed by atoms with Crippen molar-refractivity contribution >= 4 is 17.5 Å². The molecule has 6 nitrogen and oxygen atoms in total. The van der Waals surface area contributed by atoms with E-state index in [0.29, 0.717) is 33.6 Å². The number of nitrogens with zero attached hydrogens (tertiary/aromatic N) is 2. The fourth-order valence-electron chi connectivity index (χ4n) is 4.59. The van der Waals surface area contributed by atoms with Gasteiger partial charge in [-0.05, 0) is 77.7 Å². The van der Waals surface area contributed by atoms with Crippen molar-refractivity contribution in [1.82, 2.24) is 14.7 Å². The number of nitrogens with one attached hydrogen (secondary N) is 1. The summed E-state index contributed by atoms with van der Waals surface area (Å²) in [5, 5.41) is 12.1. The highest BCUT2D eigenvalue weighted by atomic mass is 19.4. The zero-order valence-electron chi connectivity index (χ0n) is 21.6. The molecule has 208 valence electrons. The summed E-state index contributed by atoms with van der Waals surface area (Å²) >= 11 is 0. The molecule has 0 spiro atoms. The molecule has 10 heteroatoms. The summed E-state index contributed by atoms with van der Waals surface area (Å²) in [7, 11) is 0. The van der Waals surface area contributed by atoms with E-state index in [1.807, 2.05) is 0 Å². The van der Waals surface area contributed by atoms with Crippen LogP contribution >= 0.6 is 0 Å². The number of imidazole rings is 1. The first-order valence-corrected chi connectivity index (χ1v) is 12.6. The number of carbonyl (C=O) groups excluding carboxylic acids is 1. The number of halogens is 4. The maximum absolute atomic E-state index is 14.0. The Balaban J connectivity index is 1.53. The molecule has 0 saturated heterocycles. The van der Waals surface area contributed by atoms with Crippen molar-refractivity contribution in [3.8, 4) is 11.1 Å². The molecule has 0 aliphatic carbocycles. The molecule has 5 rings (SSSR count). The number of rotatable bonds is 7. The highest BCUT2D eigenvalue weighted by Gasteiger charge is 2.30. The Morgan fingerprint density at radius 2 is 1.66 bits per heavy atom. The van der Waals surface area contributed by atoms with E-state index in [1.54, 1.807) is 53.9 Å². The SMILES string of the molecule is C[C@H](NC(=O)c1cc(-c2cccc(F)c2)cc2ncc(Cc3ccc(C(F)(F)F)cc3)n12)c1ccc(C(=O)O)cc1. The van der Waals surface area contributed by atoms with Crippen LogP contribution in [0.15, 0.2) is 91.1 Å². The van der Waals surface area contributed by atoms with Gasteiger partial charge in [0, 0.05) is 18.3 Å². The maximum Gasteiger partial charge on any atom is 0.416 e. The van der Waals surface area contributed by atoms with Crippen LogP contribution in [0.2, 0.25) is 0 Å². The largest absolute Gasteiger partial charge is 0.478 e. The Morgan fingerprint density at radius 3 is 2.29 bits per heavy atom. The van der Waals surface area contributed by atoms with Crippen molar-refractivity contribution in [3.63, 3.8) is 0 Å². The van der Waals surface area contributed by atoms with Gasteiger partial charge in [0.25, 0.3) is 5.91 Å². The molecule has 5 aromatic rings. The molecular weight excluding hydrogens is 538 g/mol. The number of benzene rings is 3. The maximum atomic E-state index is 14.0. The van der Waals surface area contributed by atoms with Gasteiger partial charge in [-0.1, -0.05) is 36.4 Å². The van der Waals surface area contributed by atoms with Crippen molar-refractivity contribution < 1.29 is 32.3 Å². The van der Waals surface area contributed by atoms with Crippen LogP contribution in [0.3, 0.4) is 0 Å². The van der Waals surface area contributed by atoms with Gasteiger partial charge in [0.05, 0.1) is 17.2 Å². The second-order valence-electron chi connectivity index (χ2n) is 9.58. The van der Waals surface area contributed by atoms with Crippen LogP contribution in [-0.4, -0.2) is 26.4 Å². The molecule has 2 aromatic heterocycles. The lowest BCUT2D eigenvalue weighted by Gasteiger charge is -2.17. The number of hydrogen-bond donors (Lipinski definition) is 2. The number of aromatic carboxylic acids is 1. The number of fused-ring (bicyclic) bond motifs is 1. The number of carbonyl (C=O) groups is 2. The zero-order chi connectivity index (χ0) is 29.3. The summed E-state index contributed by atoms with van der Waals surface area (Å²) in [6.45, 7) is 1.75. The average molecular weight is 562 g/mol. The normalized spacial score (nSPS) is 12.3. The third-order valence-corrected chi connectivity index (χ3v) is 6.74. The molecule has 0 aliphatic heterocycles. The Morgan fingerprint density at radius 1 is 0.951 bits per heavy atom. The van der Waals surface area contributed by atoms with E-state index in [9.17, 15) is 27.2 Å². The summed E-state index contributed by atoms with van der Waals surface area (Å²) in [6, 6.07) is 19.6. The van der Waals surface area contributed by atoms with Crippen molar-refractivity contribution in [2.24, 2.45) is 0 Å². The fourth-order valence-corrected chi connectivity index (χ4v) is 4.59. The summed E-state index contributed by atoms with van der Waals surface area (Å²) in [5.41, 5.74) is 2.86. The van der Waals surface area contributed by atoms with Gasteiger partial charge in [-0.25, -0.2) is 14.2 Å². The van der Waals surface area contributed by atoms with Gasteiger partial charge in [-0.2, -0.15) is 13.2 Å². The molecule has 41 heavy (non-hydrogen) atoms. The fraction of sp³-hybridized carbons (Fsp3) is 0.129. The summed E-state index contributed by atoms with van der Waals surface area (Å²) in [6.07, 6.45) is -2.71. The van der Waals surface area contributed by atoms with E-state index in [0.717, 1.165) is 12.1 Å². The molecule has 2 N–H and O–H groups in total. The van der Waals surface area contributed by atoms with Gasteiger partial charge in [0.15, 0.2) is 0 Å². The third kappa shape index (κ3) is 5.96. The van der Waals surface area contributed by atoms with Gasteiger partial charge < -0.3 is 10.4 Å². The van der Waals surface area contributed by atoms with Crippen LogP contribution in [0, 0.1) is 5.82 Å². The molecule has 1 atom stereocenters. The molecule has 1 amide bonds. The predicted octanol–water partition coefficient (Wildman–Crippen LogP) is 6.94. The Hall–Kier alpha value is -4.99. The van der Waals surface area contributed by atoms with Crippen molar-refractivity contribution in [3.05, 3.63) is 131 Å². The van der Waals surface area contributed by atoms with E-state index in [4.69, 9.17) is 5.11 Å². The van der Waals surface area contributed by atoms with Gasteiger partial charge in [0.2, 0.25) is 0 Å². The number of amides is 1. The van der Waals surface area contributed by atoms with Crippen LogP contribution in [0.5, 0.6) is 0 Å². The highest BCUT2D eigenvalue weighted by molar-refractivity contribution is 5.95. The first-order chi connectivity index (χ1) is 19.5. The van der Waals surface area contributed by atoms with E-state index in [1.165, 1.54) is 36.4 Å². The lowest BCUT2D eigenvalue weighted by Crippen LogP contribution is -2.28. The average Bonchev–Trinajstić information content (AvgIpc) is 3.34. The molecule has 0 bridgehead atoms. The van der Waals surface area contributed by atoms with Crippen LogP contribution in [0.1, 0.15) is 56.2 Å². The van der Waals surface area contributed by atoms with E-state index in [2.05, 4.69) is 10.3 Å². The smallest absolute Gasteiger partial charge is 0.416 e. The van der Waals surface area contributed by atoms with Crippen LogP contribution in [0.4, 0.5) is 17.6 Å². The summed E-state index contributed by atoms with van der Waals surface area (Å²) in [5.74, 6) is -1.99. The predicted molar refractivity (Wildman–Crippen MR) is 144 cm³/mol. The Kier molecular flexibility index (Phi) is 7.32. The van der Waals surface area contributed by atoms with Crippen molar-refractivity contribution in [1.29, 1.82) is 0 Å². The number of alkyl halides is 3. The van der Waals surface area contributed by atoms with Gasteiger partial charge in [0.1, 0.15) is 17.2 Å². The van der Waals surface area contributed by atoms with Crippen LogP contribution < -0.4 is 5.32 Å². The van der Waals surface area contributed by atoms with Crippen molar-refractivity contribution in [2.75, 3.05) is 0 Å².